The molecule has 0 radical (unpaired) electrons. The van der Waals surface area contributed by atoms with Gasteiger partial charge in [0.15, 0.2) is 0 Å². The molecule has 0 aromatic carbocycles. The molecule has 1 unspecified atom stereocenters. The van der Waals surface area contributed by atoms with Gasteiger partial charge in [-0.15, -0.1) is 0 Å². The van der Waals surface area contributed by atoms with Crippen LogP contribution in [0.4, 0.5) is 11.5 Å². The van der Waals surface area contributed by atoms with E-state index in [1.807, 2.05) is 0 Å². The largest absolute Gasteiger partial charge is 0.378 e. The molecule has 2 amide bonds. The van der Waals surface area contributed by atoms with E-state index in [2.05, 4.69) is 25.7 Å². The highest BCUT2D eigenvalue weighted by atomic mass is 35.5. The SMILES string of the molecule is Cc1nocc1C(=O)NC(C(=O)Nc1cnc(N2CCOCC2)c(Cl)c1)C1CCCCCCC1. The second-order valence-electron chi connectivity index (χ2n) is 8.99. The van der Waals surface area contributed by atoms with Crippen LogP contribution >= 0.6 is 11.6 Å². The van der Waals surface area contributed by atoms with E-state index in [1.54, 1.807) is 19.2 Å². The van der Waals surface area contributed by atoms with Crippen LogP contribution in [0.1, 0.15) is 61.0 Å². The number of carbonyl (C=O) groups is 2. The van der Waals surface area contributed by atoms with Crippen molar-refractivity contribution in [1.82, 2.24) is 15.5 Å². The lowest BCUT2D eigenvalue weighted by Gasteiger charge is -2.29. The minimum atomic E-state index is -0.683. The van der Waals surface area contributed by atoms with Crippen LogP contribution in [0.2, 0.25) is 5.02 Å². The van der Waals surface area contributed by atoms with E-state index in [1.165, 1.54) is 12.7 Å². The third kappa shape index (κ3) is 6.07. The van der Waals surface area contributed by atoms with Crippen molar-refractivity contribution in [1.29, 1.82) is 0 Å². The molecular formula is C24H32ClN5O4. The summed E-state index contributed by atoms with van der Waals surface area (Å²) < 4.78 is 10.3. The van der Waals surface area contributed by atoms with E-state index in [0.29, 0.717) is 41.0 Å². The Hall–Kier alpha value is -2.65. The Labute approximate surface area is 204 Å². The molecule has 1 saturated heterocycles. The number of carbonyl (C=O) groups excluding carboxylic acids is 2. The number of ether oxygens (including phenoxy) is 1. The van der Waals surface area contributed by atoms with Gasteiger partial charge >= 0.3 is 0 Å². The van der Waals surface area contributed by atoms with E-state index < -0.39 is 6.04 Å². The first-order chi connectivity index (χ1) is 16.5. The van der Waals surface area contributed by atoms with Crippen molar-refractivity contribution in [2.75, 3.05) is 36.5 Å². The monoisotopic (exact) mass is 489 g/mol. The van der Waals surface area contributed by atoms with Crippen molar-refractivity contribution < 1.29 is 18.8 Å². The van der Waals surface area contributed by atoms with Gasteiger partial charge in [0.2, 0.25) is 5.91 Å². The smallest absolute Gasteiger partial charge is 0.257 e. The molecule has 1 saturated carbocycles. The summed E-state index contributed by atoms with van der Waals surface area (Å²) in [5.41, 5.74) is 1.32. The Kier molecular flexibility index (Phi) is 8.39. The van der Waals surface area contributed by atoms with Crippen molar-refractivity contribution in [3.63, 3.8) is 0 Å². The van der Waals surface area contributed by atoms with Crippen LogP contribution in [-0.4, -0.2) is 54.3 Å². The van der Waals surface area contributed by atoms with Crippen LogP contribution in [0, 0.1) is 12.8 Å². The van der Waals surface area contributed by atoms with Gasteiger partial charge in [0.05, 0.1) is 35.8 Å². The number of nitrogens with zero attached hydrogens (tertiary/aromatic N) is 3. The van der Waals surface area contributed by atoms with Gasteiger partial charge in [-0.05, 0) is 31.7 Å². The average molecular weight is 490 g/mol. The summed E-state index contributed by atoms with van der Waals surface area (Å²) in [6, 6.07) is 1.02. The molecule has 4 rings (SSSR count). The van der Waals surface area contributed by atoms with Gasteiger partial charge in [0, 0.05) is 13.1 Å². The first-order valence-electron chi connectivity index (χ1n) is 12.0. The van der Waals surface area contributed by atoms with Crippen molar-refractivity contribution in [2.45, 2.75) is 57.9 Å². The lowest BCUT2D eigenvalue weighted by Crippen LogP contribution is -2.48. The lowest BCUT2D eigenvalue weighted by atomic mass is 9.85. The van der Waals surface area contributed by atoms with E-state index >= 15 is 0 Å². The number of aryl methyl sites for hydroxylation is 1. The average Bonchev–Trinajstić information content (AvgIpc) is 3.24. The molecule has 184 valence electrons. The van der Waals surface area contributed by atoms with E-state index in [4.69, 9.17) is 20.9 Å². The van der Waals surface area contributed by atoms with Crippen molar-refractivity contribution in [3.05, 3.63) is 34.8 Å². The molecule has 2 aromatic rings. The van der Waals surface area contributed by atoms with E-state index in [-0.39, 0.29) is 17.7 Å². The fourth-order valence-electron chi connectivity index (χ4n) is 4.67. The number of pyridine rings is 1. The minimum absolute atomic E-state index is 0.0421. The first kappa shape index (κ1) is 24.5. The number of nitrogens with one attached hydrogen (secondary N) is 2. The molecule has 2 N–H and O–H groups in total. The second kappa shape index (κ2) is 11.7. The van der Waals surface area contributed by atoms with Crippen LogP contribution in [0.25, 0.3) is 0 Å². The normalized spacial score (nSPS) is 18.6. The van der Waals surface area contributed by atoms with E-state index in [0.717, 1.165) is 51.6 Å². The van der Waals surface area contributed by atoms with Crippen LogP contribution < -0.4 is 15.5 Å². The Morgan fingerprint density at radius 3 is 2.50 bits per heavy atom. The van der Waals surface area contributed by atoms with Gasteiger partial charge in [-0.1, -0.05) is 48.9 Å². The maximum atomic E-state index is 13.4. The molecule has 10 heteroatoms. The zero-order valence-corrected chi connectivity index (χ0v) is 20.3. The molecule has 9 nitrogen and oxygen atoms in total. The number of amides is 2. The highest BCUT2D eigenvalue weighted by Crippen LogP contribution is 2.29. The molecule has 2 fully saturated rings. The summed E-state index contributed by atoms with van der Waals surface area (Å²) >= 11 is 6.50. The Morgan fingerprint density at radius 1 is 1.15 bits per heavy atom. The Balaban J connectivity index is 1.50. The zero-order chi connectivity index (χ0) is 23.9. The van der Waals surface area contributed by atoms with Gasteiger partial charge in [-0.2, -0.15) is 0 Å². The van der Waals surface area contributed by atoms with Crippen LogP contribution in [0.3, 0.4) is 0 Å². The van der Waals surface area contributed by atoms with Crippen molar-refractivity contribution in [3.8, 4) is 0 Å². The number of aromatic nitrogens is 2. The Bertz CT molecular complexity index is 983. The van der Waals surface area contributed by atoms with Gasteiger partial charge in [0.1, 0.15) is 23.7 Å². The highest BCUT2D eigenvalue weighted by Gasteiger charge is 2.31. The summed E-state index contributed by atoms with van der Waals surface area (Å²) in [5.74, 6) is 0.0843. The molecule has 1 aliphatic carbocycles. The molecular weight excluding hydrogens is 458 g/mol. The molecule has 0 spiro atoms. The van der Waals surface area contributed by atoms with Gasteiger partial charge in [-0.3, -0.25) is 9.59 Å². The van der Waals surface area contributed by atoms with Crippen LogP contribution in [0.5, 0.6) is 0 Å². The maximum absolute atomic E-state index is 13.4. The fraction of sp³-hybridized carbons (Fsp3) is 0.583. The summed E-state index contributed by atoms with van der Waals surface area (Å²) in [6.45, 7) is 4.40. The number of hydrogen-bond acceptors (Lipinski definition) is 7. The topological polar surface area (TPSA) is 110 Å². The van der Waals surface area contributed by atoms with Gasteiger partial charge in [-0.25, -0.2) is 4.98 Å². The summed E-state index contributed by atoms with van der Waals surface area (Å²) in [4.78, 5) is 32.9. The minimum Gasteiger partial charge on any atom is -0.378 e. The zero-order valence-electron chi connectivity index (χ0n) is 19.5. The number of morpholine rings is 1. The van der Waals surface area contributed by atoms with Gasteiger partial charge < -0.3 is 24.8 Å². The third-order valence-electron chi connectivity index (χ3n) is 6.58. The molecule has 0 bridgehead atoms. The number of anilines is 2. The number of halogens is 1. The number of hydrogen-bond donors (Lipinski definition) is 2. The van der Waals surface area contributed by atoms with Gasteiger partial charge in [0.25, 0.3) is 5.91 Å². The fourth-order valence-corrected chi connectivity index (χ4v) is 4.96. The summed E-state index contributed by atoms with van der Waals surface area (Å²) in [5, 5.41) is 10.1. The Morgan fingerprint density at radius 2 is 1.85 bits per heavy atom. The standard InChI is InChI=1S/C24H32ClN5O4/c1-16-19(15-34-29-16)23(31)28-21(17-7-5-3-2-4-6-8-17)24(32)27-18-13-20(25)22(26-14-18)30-9-11-33-12-10-30/h13-15,17,21H,2-12H2,1H3,(H,27,32)(H,28,31). The molecule has 1 atom stereocenters. The molecule has 34 heavy (non-hydrogen) atoms. The molecule has 2 aliphatic rings. The first-order valence-corrected chi connectivity index (χ1v) is 12.4. The predicted molar refractivity (Wildman–Crippen MR) is 129 cm³/mol. The second-order valence-corrected chi connectivity index (χ2v) is 9.40. The molecule has 1 aliphatic heterocycles. The predicted octanol–water partition coefficient (Wildman–Crippen LogP) is 3.97. The summed E-state index contributed by atoms with van der Waals surface area (Å²) in [7, 11) is 0. The summed E-state index contributed by atoms with van der Waals surface area (Å²) in [6.07, 6.45) is 10.3. The maximum Gasteiger partial charge on any atom is 0.257 e. The van der Waals surface area contributed by atoms with E-state index in [9.17, 15) is 9.59 Å². The molecule has 2 aromatic heterocycles. The number of rotatable bonds is 6. The quantitative estimate of drug-likeness (QED) is 0.631. The lowest BCUT2D eigenvalue weighted by molar-refractivity contribution is -0.119. The highest BCUT2D eigenvalue weighted by molar-refractivity contribution is 6.33. The molecule has 3 heterocycles. The van der Waals surface area contributed by atoms with Crippen LogP contribution in [0.15, 0.2) is 23.0 Å². The third-order valence-corrected chi connectivity index (χ3v) is 6.86. The van der Waals surface area contributed by atoms with Crippen LogP contribution in [-0.2, 0) is 9.53 Å². The van der Waals surface area contributed by atoms with Crippen molar-refractivity contribution in [2.24, 2.45) is 5.92 Å². The van der Waals surface area contributed by atoms with Crippen molar-refractivity contribution >= 4 is 34.9 Å².